The number of anilines is 1. The lowest BCUT2D eigenvalue weighted by atomic mass is 10.3. The number of nitrogens with two attached hydrogens (primary N) is 1. The van der Waals surface area contributed by atoms with Crippen LogP contribution in [0.5, 0.6) is 0 Å². The van der Waals surface area contributed by atoms with Gasteiger partial charge in [-0.2, -0.15) is 0 Å². The van der Waals surface area contributed by atoms with Crippen LogP contribution in [0.15, 0.2) is 29.5 Å². The third kappa shape index (κ3) is 4.71. The molecule has 2 rings (SSSR count). The standard InChI is InChI=1S/C16H21N7O4/c1-18-14(17)4-5-19-15(24)12-6-10(8-21(12)2)20-16(25)13-7-11(23(26)27)9-22(13)3/h6-9H,4-5H2,1-3H3,(H2,17,18)(H,19,24)(H,20,25). The average Bonchev–Trinajstić information content (AvgIpc) is 3.17. The molecular weight excluding hydrogens is 354 g/mol. The molecule has 0 aliphatic carbocycles. The molecule has 2 heterocycles. The molecule has 4 N–H and O–H groups in total. The number of rotatable bonds is 7. The summed E-state index contributed by atoms with van der Waals surface area (Å²) < 4.78 is 2.93. The van der Waals surface area contributed by atoms with Gasteiger partial charge in [-0.3, -0.25) is 24.7 Å². The lowest BCUT2D eigenvalue weighted by Crippen LogP contribution is -2.29. The maximum atomic E-state index is 12.3. The van der Waals surface area contributed by atoms with Gasteiger partial charge < -0.3 is 25.5 Å². The molecule has 0 saturated heterocycles. The normalized spacial score (nSPS) is 11.3. The van der Waals surface area contributed by atoms with Crippen LogP contribution >= 0.6 is 0 Å². The van der Waals surface area contributed by atoms with Crippen LogP contribution in [0.2, 0.25) is 0 Å². The number of hydrogen-bond donors (Lipinski definition) is 3. The Morgan fingerprint density at radius 3 is 2.41 bits per heavy atom. The Hall–Kier alpha value is -3.63. The zero-order chi connectivity index (χ0) is 20.1. The lowest BCUT2D eigenvalue weighted by molar-refractivity contribution is -0.384. The van der Waals surface area contributed by atoms with Crippen LogP contribution in [0.3, 0.4) is 0 Å². The monoisotopic (exact) mass is 375 g/mol. The van der Waals surface area contributed by atoms with Crippen LogP contribution in [0, 0.1) is 10.1 Å². The Bertz CT molecular complexity index is 910. The van der Waals surface area contributed by atoms with Crippen LogP contribution < -0.4 is 16.4 Å². The van der Waals surface area contributed by atoms with Crippen LogP contribution in [-0.2, 0) is 14.1 Å². The highest BCUT2D eigenvalue weighted by Gasteiger charge is 2.19. The highest BCUT2D eigenvalue weighted by molar-refractivity contribution is 6.04. The second-order valence-corrected chi connectivity index (χ2v) is 5.85. The zero-order valence-corrected chi connectivity index (χ0v) is 15.2. The van der Waals surface area contributed by atoms with E-state index >= 15 is 0 Å². The SMILES string of the molecule is CN=C(N)CCNC(=O)c1cc(NC(=O)c2cc([N+](=O)[O-])cn2C)cn1C. The first-order valence-electron chi connectivity index (χ1n) is 8.00. The Morgan fingerprint density at radius 2 is 1.81 bits per heavy atom. The van der Waals surface area contributed by atoms with Gasteiger partial charge in [-0.25, -0.2) is 0 Å². The van der Waals surface area contributed by atoms with E-state index in [1.165, 1.54) is 29.9 Å². The third-order valence-electron chi connectivity index (χ3n) is 3.88. The summed E-state index contributed by atoms with van der Waals surface area (Å²) in [6.45, 7) is 0.335. The molecule has 11 heteroatoms. The fourth-order valence-electron chi connectivity index (χ4n) is 2.43. The summed E-state index contributed by atoms with van der Waals surface area (Å²) in [4.78, 5) is 38.6. The van der Waals surface area contributed by atoms with E-state index in [9.17, 15) is 19.7 Å². The molecule has 2 amide bonds. The van der Waals surface area contributed by atoms with Crippen molar-refractivity contribution in [2.24, 2.45) is 24.8 Å². The fourth-order valence-corrected chi connectivity index (χ4v) is 2.43. The van der Waals surface area contributed by atoms with Gasteiger partial charge in [-0.1, -0.05) is 0 Å². The molecule has 0 atom stereocenters. The van der Waals surface area contributed by atoms with Crippen molar-refractivity contribution in [3.63, 3.8) is 0 Å². The van der Waals surface area contributed by atoms with Gasteiger partial charge in [0.2, 0.25) is 0 Å². The van der Waals surface area contributed by atoms with Crippen molar-refractivity contribution in [1.29, 1.82) is 0 Å². The summed E-state index contributed by atoms with van der Waals surface area (Å²) in [5, 5.41) is 16.2. The van der Waals surface area contributed by atoms with Crippen molar-refractivity contribution in [2.75, 3.05) is 18.9 Å². The van der Waals surface area contributed by atoms with Gasteiger partial charge >= 0.3 is 0 Å². The van der Waals surface area contributed by atoms with E-state index in [2.05, 4.69) is 15.6 Å². The number of amides is 2. The summed E-state index contributed by atoms with van der Waals surface area (Å²) in [6.07, 6.45) is 3.26. The molecule has 0 saturated carbocycles. The van der Waals surface area contributed by atoms with Crippen LogP contribution in [0.4, 0.5) is 11.4 Å². The first-order valence-corrected chi connectivity index (χ1v) is 8.00. The van der Waals surface area contributed by atoms with Gasteiger partial charge in [-0.05, 0) is 6.07 Å². The van der Waals surface area contributed by atoms with Gasteiger partial charge in [0.25, 0.3) is 17.5 Å². The number of nitro groups is 1. The molecule has 2 aromatic heterocycles. The van der Waals surface area contributed by atoms with Gasteiger partial charge in [-0.15, -0.1) is 0 Å². The number of hydrogen-bond acceptors (Lipinski definition) is 5. The summed E-state index contributed by atoms with van der Waals surface area (Å²) in [6, 6.07) is 2.70. The van der Waals surface area contributed by atoms with Gasteiger partial charge in [0.1, 0.15) is 11.4 Å². The smallest absolute Gasteiger partial charge is 0.287 e. The Balaban J connectivity index is 2.06. The molecule has 27 heavy (non-hydrogen) atoms. The van der Waals surface area contributed by atoms with Crippen molar-refractivity contribution in [2.45, 2.75) is 6.42 Å². The second-order valence-electron chi connectivity index (χ2n) is 5.85. The van der Waals surface area contributed by atoms with Gasteiger partial charge in [0.05, 0.1) is 22.6 Å². The first-order chi connectivity index (χ1) is 12.7. The number of aromatic nitrogens is 2. The minimum absolute atomic E-state index is 0.130. The number of aryl methyl sites for hydroxylation is 2. The zero-order valence-electron chi connectivity index (χ0n) is 15.2. The van der Waals surface area contributed by atoms with Crippen LogP contribution in [0.25, 0.3) is 0 Å². The maximum Gasteiger partial charge on any atom is 0.287 e. The molecule has 0 fully saturated rings. The Kier molecular flexibility index (Phi) is 5.96. The second kappa shape index (κ2) is 8.17. The predicted molar refractivity (Wildman–Crippen MR) is 99.9 cm³/mol. The summed E-state index contributed by atoms with van der Waals surface area (Å²) in [7, 11) is 4.78. The molecule has 2 aromatic rings. The lowest BCUT2D eigenvalue weighted by Gasteiger charge is -2.05. The largest absolute Gasteiger partial charge is 0.387 e. The molecule has 0 unspecified atom stereocenters. The highest BCUT2D eigenvalue weighted by atomic mass is 16.6. The topological polar surface area (TPSA) is 150 Å². The summed E-state index contributed by atoms with van der Waals surface area (Å²) >= 11 is 0. The van der Waals surface area contributed by atoms with E-state index in [0.717, 1.165) is 0 Å². The average molecular weight is 375 g/mol. The molecule has 0 radical (unpaired) electrons. The van der Waals surface area contributed by atoms with E-state index in [1.54, 1.807) is 24.9 Å². The molecule has 11 nitrogen and oxygen atoms in total. The van der Waals surface area contributed by atoms with Crippen molar-refractivity contribution in [1.82, 2.24) is 14.5 Å². The predicted octanol–water partition coefficient (Wildman–Crippen LogP) is 0.631. The number of nitrogens with zero attached hydrogens (tertiary/aromatic N) is 4. The molecule has 0 bridgehead atoms. The molecular formula is C16H21N7O4. The van der Waals surface area contributed by atoms with Crippen LogP contribution in [0.1, 0.15) is 27.4 Å². The summed E-state index contributed by atoms with van der Waals surface area (Å²) in [5.41, 5.74) is 6.27. The molecule has 0 aliphatic rings. The van der Waals surface area contributed by atoms with Crippen molar-refractivity contribution in [3.05, 3.63) is 46.0 Å². The Morgan fingerprint density at radius 1 is 1.19 bits per heavy atom. The number of amidine groups is 1. The number of aliphatic imine (C=N–C) groups is 1. The fraction of sp³-hybridized carbons (Fsp3) is 0.312. The minimum atomic E-state index is -0.572. The molecule has 144 valence electrons. The maximum absolute atomic E-state index is 12.3. The van der Waals surface area contributed by atoms with E-state index in [0.29, 0.717) is 30.2 Å². The molecule has 0 spiro atoms. The number of carbonyl (C=O) groups excluding carboxylic acids is 2. The first kappa shape index (κ1) is 19.7. The van der Waals surface area contributed by atoms with E-state index in [1.807, 2.05) is 0 Å². The van der Waals surface area contributed by atoms with Crippen molar-refractivity contribution < 1.29 is 14.5 Å². The van der Waals surface area contributed by atoms with Crippen LogP contribution in [-0.4, -0.2) is 45.3 Å². The van der Waals surface area contributed by atoms with Gasteiger partial charge in [0.15, 0.2) is 0 Å². The van der Waals surface area contributed by atoms with E-state index in [4.69, 9.17) is 5.73 Å². The van der Waals surface area contributed by atoms with E-state index < -0.39 is 10.8 Å². The quantitative estimate of drug-likeness (QED) is 0.281. The van der Waals surface area contributed by atoms with Crippen molar-refractivity contribution >= 4 is 29.0 Å². The van der Waals surface area contributed by atoms with E-state index in [-0.39, 0.29) is 17.3 Å². The number of carbonyl (C=O) groups is 2. The highest BCUT2D eigenvalue weighted by Crippen LogP contribution is 2.18. The minimum Gasteiger partial charge on any atom is -0.387 e. The third-order valence-corrected chi connectivity index (χ3v) is 3.88. The van der Waals surface area contributed by atoms with Crippen molar-refractivity contribution in [3.8, 4) is 0 Å². The summed E-state index contributed by atoms with van der Waals surface area (Å²) in [5.74, 6) is -0.404. The molecule has 0 aromatic carbocycles. The van der Waals surface area contributed by atoms with Gasteiger partial charge in [0, 0.05) is 46.4 Å². The number of nitrogens with one attached hydrogen (secondary N) is 2. The Labute approximate surface area is 155 Å². The molecule has 0 aliphatic heterocycles.